The van der Waals surface area contributed by atoms with Crippen molar-refractivity contribution in [3.8, 4) is 0 Å². The summed E-state index contributed by atoms with van der Waals surface area (Å²) in [6, 6.07) is 0. The van der Waals surface area contributed by atoms with Crippen molar-refractivity contribution in [3.05, 3.63) is 0 Å². The molecule has 0 aromatic rings. The van der Waals surface area contributed by atoms with Crippen LogP contribution < -0.4 is 0 Å². The number of carbonyl (C=O) groups is 2. The van der Waals surface area contributed by atoms with Crippen LogP contribution in [0.2, 0.25) is 0 Å². The summed E-state index contributed by atoms with van der Waals surface area (Å²) in [5.74, 6) is -1.08. The largest absolute Gasteiger partial charge is 0.435 e. The number of hydrogen-bond acceptors (Lipinski definition) is 5. The lowest BCUT2D eigenvalue weighted by Gasteiger charge is -1.99. The van der Waals surface area contributed by atoms with Crippen LogP contribution in [0.15, 0.2) is 0 Å². The molecule has 0 aromatic heterocycles. The molecule has 5 heteroatoms. The Morgan fingerprint density at radius 3 is 2.20 bits per heavy atom. The van der Waals surface area contributed by atoms with E-state index in [-0.39, 0.29) is 6.79 Å². The highest BCUT2D eigenvalue weighted by Crippen LogP contribution is 1.81. The molecule has 0 heterocycles. The fraction of sp³-hybridized carbons (Fsp3) is 0.600. The average molecular weight is 148 g/mol. The monoisotopic (exact) mass is 148 g/mol. The smallest absolute Gasteiger partial charge is 0.339 e. The predicted octanol–water partition coefficient (Wildman–Crippen LogP) is 0.00170. The maximum Gasteiger partial charge on any atom is 0.339 e. The zero-order chi connectivity index (χ0) is 7.98. The summed E-state index contributed by atoms with van der Waals surface area (Å²) < 4.78 is 4.25. The van der Waals surface area contributed by atoms with E-state index >= 15 is 0 Å². The van der Waals surface area contributed by atoms with Crippen LogP contribution in [-0.2, 0) is 24.1 Å². The molecule has 0 saturated carbocycles. The highest BCUT2D eigenvalue weighted by atomic mass is 17.2. The first-order valence-corrected chi connectivity index (χ1v) is 2.56. The second-order valence-corrected chi connectivity index (χ2v) is 1.45. The number of hydrogen-bond donors (Lipinski definition) is 0. The van der Waals surface area contributed by atoms with Crippen molar-refractivity contribution in [1.82, 2.24) is 0 Å². The number of carbonyl (C=O) groups excluding carboxylic acids is 2. The van der Waals surface area contributed by atoms with E-state index in [1.54, 1.807) is 0 Å². The Kier molecular flexibility index (Phi) is 4.23. The first-order chi connectivity index (χ1) is 4.63. The van der Waals surface area contributed by atoms with E-state index in [9.17, 15) is 9.59 Å². The van der Waals surface area contributed by atoms with Crippen molar-refractivity contribution >= 4 is 11.9 Å². The van der Waals surface area contributed by atoms with Crippen molar-refractivity contribution in [2.24, 2.45) is 0 Å². The normalized spacial score (nSPS) is 8.60. The molecule has 0 unspecified atom stereocenters. The van der Waals surface area contributed by atoms with Gasteiger partial charge in [0.05, 0.1) is 0 Å². The van der Waals surface area contributed by atoms with E-state index < -0.39 is 11.9 Å². The zero-order valence-corrected chi connectivity index (χ0v) is 5.75. The molecule has 0 fully saturated rings. The maximum atomic E-state index is 10.0. The molecule has 0 saturated heterocycles. The van der Waals surface area contributed by atoms with Gasteiger partial charge in [-0.05, 0) is 0 Å². The minimum atomic E-state index is -0.591. The highest BCUT2D eigenvalue weighted by molar-refractivity contribution is 5.66. The summed E-state index contributed by atoms with van der Waals surface area (Å²) in [4.78, 5) is 28.1. The Balaban J connectivity index is 3.06. The molecule has 0 amide bonds. The number of esters is 1. The van der Waals surface area contributed by atoms with Crippen LogP contribution in [0, 0.1) is 0 Å². The molecule has 0 aliphatic carbocycles. The highest BCUT2D eigenvalue weighted by Gasteiger charge is 1.94. The average Bonchev–Trinajstić information content (AvgIpc) is 1.79. The van der Waals surface area contributed by atoms with Gasteiger partial charge in [0.25, 0.3) is 0 Å². The van der Waals surface area contributed by atoms with Crippen molar-refractivity contribution in [1.29, 1.82) is 0 Å². The topological polar surface area (TPSA) is 61.8 Å². The third-order valence-corrected chi connectivity index (χ3v) is 0.487. The molecule has 0 rings (SSSR count). The van der Waals surface area contributed by atoms with Crippen LogP contribution in [0.5, 0.6) is 0 Å². The minimum absolute atomic E-state index is 0.366. The summed E-state index contributed by atoms with van der Waals surface area (Å²) in [6.07, 6.45) is 0. The van der Waals surface area contributed by atoms with Gasteiger partial charge in [0.15, 0.2) is 0 Å². The van der Waals surface area contributed by atoms with Crippen molar-refractivity contribution < 1.29 is 24.1 Å². The van der Waals surface area contributed by atoms with Crippen LogP contribution in [0.4, 0.5) is 0 Å². The van der Waals surface area contributed by atoms with Gasteiger partial charge in [0.1, 0.15) is 0 Å². The molecule has 0 bridgehead atoms. The standard InChI is InChI=1S/C5H8O5/c1-4(6)8-3-9-10-5(2)7/h3H2,1-2H3. The molecule has 5 nitrogen and oxygen atoms in total. The molecule has 58 valence electrons. The Bertz CT molecular complexity index is 114. The predicted molar refractivity (Wildman–Crippen MR) is 29.5 cm³/mol. The minimum Gasteiger partial charge on any atom is -0.435 e. The summed E-state index contributed by atoms with van der Waals surface area (Å²) in [7, 11) is 0. The van der Waals surface area contributed by atoms with E-state index in [0.717, 1.165) is 0 Å². The summed E-state index contributed by atoms with van der Waals surface area (Å²) >= 11 is 0. The molecular weight excluding hydrogens is 140 g/mol. The SMILES string of the molecule is CC(=O)OCOOC(C)=O. The lowest BCUT2D eigenvalue weighted by molar-refractivity contribution is -0.303. The van der Waals surface area contributed by atoms with Gasteiger partial charge in [-0.1, -0.05) is 0 Å². The Morgan fingerprint density at radius 2 is 1.80 bits per heavy atom. The van der Waals surface area contributed by atoms with Gasteiger partial charge in [0.2, 0.25) is 6.79 Å². The van der Waals surface area contributed by atoms with Crippen molar-refractivity contribution in [2.75, 3.05) is 6.79 Å². The Labute approximate surface area is 57.8 Å². The van der Waals surface area contributed by atoms with E-state index in [1.165, 1.54) is 13.8 Å². The van der Waals surface area contributed by atoms with Gasteiger partial charge in [-0.25, -0.2) is 4.79 Å². The maximum absolute atomic E-state index is 10.0. The van der Waals surface area contributed by atoms with E-state index in [2.05, 4.69) is 14.5 Å². The van der Waals surface area contributed by atoms with Crippen LogP contribution in [0.25, 0.3) is 0 Å². The molecule has 0 aromatic carbocycles. The second-order valence-electron chi connectivity index (χ2n) is 1.45. The molecule has 0 radical (unpaired) electrons. The molecule has 0 N–H and O–H groups in total. The van der Waals surface area contributed by atoms with Crippen LogP contribution in [0.1, 0.15) is 13.8 Å². The summed E-state index contributed by atoms with van der Waals surface area (Å²) in [5, 5.41) is 0. The zero-order valence-electron chi connectivity index (χ0n) is 5.75. The summed E-state index contributed by atoms with van der Waals surface area (Å²) in [6.45, 7) is 2.03. The third kappa shape index (κ3) is 6.90. The molecule has 0 aliphatic heterocycles. The van der Waals surface area contributed by atoms with Crippen LogP contribution >= 0.6 is 0 Å². The Morgan fingerprint density at radius 1 is 1.20 bits per heavy atom. The van der Waals surface area contributed by atoms with Gasteiger partial charge >= 0.3 is 11.9 Å². The Hall–Kier alpha value is -1.10. The quantitative estimate of drug-likeness (QED) is 0.185. The molecule has 0 aliphatic rings. The number of rotatable bonds is 3. The number of ether oxygens (including phenoxy) is 1. The lowest BCUT2D eigenvalue weighted by atomic mass is 10.8. The van der Waals surface area contributed by atoms with Crippen molar-refractivity contribution in [3.63, 3.8) is 0 Å². The fourth-order valence-corrected chi connectivity index (χ4v) is 0.214. The molecule has 10 heavy (non-hydrogen) atoms. The van der Waals surface area contributed by atoms with Crippen LogP contribution in [-0.4, -0.2) is 18.7 Å². The fourth-order valence-electron chi connectivity index (χ4n) is 0.214. The van der Waals surface area contributed by atoms with E-state index in [4.69, 9.17) is 0 Å². The molecule has 0 spiro atoms. The lowest BCUT2D eigenvalue weighted by Crippen LogP contribution is -2.07. The van der Waals surface area contributed by atoms with E-state index in [0.29, 0.717) is 0 Å². The summed E-state index contributed by atoms with van der Waals surface area (Å²) in [5.41, 5.74) is 0. The van der Waals surface area contributed by atoms with Crippen molar-refractivity contribution in [2.45, 2.75) is 13.8 Å². The first-order valence-electron chi connectivity index (χ1n) is 2.56. The van der Waals surface area contributed by atoms with Gasteiger partial charge in [0, 0.05) is 13.8 Å². The van der Waals surface area contributed by atoms with Gasteiger partial charge < -0.3 is 4.74 Å². The molecular formula is C5H8O5. The second kappa shape index (κ2) is 4.75. The molecule has 0 atom stereocenters. The van der Waals surface area contributed by atoms with Gasteiger partial charge in [-0.2, -0.15) is 0 Å². The first kappa shape index (κ1) is 8.90. The van der Waals surface area contributed by atoms with Gasteiger partial charge in [-0.3, -0.25) is 9.68 Å². The van der Waals surface area contributed by atoms with Crippen LogP contribution in [0.3, 0.4) is 0 Å². The van der Waals surface area contributed by atoms with Gasteiger partial charge in [-0.15, -0.1) is 4.89 Å². The third-order valence-electron chi connectivity index (χ3n) is 0.487. The van der Waals surface area contributed by atoms with E-state index in [1.807, 2.05) is 0 Å².